The lowest BCUT2D eigenvalue weighted by Gasteiger charge is -2.22. The van der Waals surface area contributed by atoms with E-state index in [0.29, 0.717) is 5.92 Å². The Morgan fingerprint density at radius 3 is 3.00 bits per heavy atom. The number of ether oxygens (including phenoxy) is 1. The molecule has 0 aliphatic carbocycles. The van der Waals surface area contributed by atoms with E-state index in [1.807, 2.05) is 0 Å². The molecule has 3 nitrogen and oxygen atoms in total. The molecule has 1 aromatic carbocycles. The second kappa shape index (κ2) is 5.07. The van der Waals surface area contributed by atoms with Gasteiger partial charge in [0.25, 0.3) is 0 Å². The molecule has 0 aromatic heterocycles. The van der Waals surface area contributed by atoms with Crippen LogP contribution in [0, 0.1) is 5.92 Å². The summed E-state index contributed by atoms with van der Waals surface area (Å²) in [7, 11) is 0. The van der Waals surface area contributed by atoms with Gasteiger partial charge in [-0.05, 0) is 42.6 Å². The predicted octanol–water partition coefficient (Wildman–Crippen LogP) is 1.67. The fourth-order valence-corrected chi connectivity index (χ4v) is 2.64. The summed E-state index contributed by atoms with van der Waals surface area (Å²) in [6, 6.07) is 6.47. The Bertz CT molecular complexity index is 386. The van der Waals surface area contributed by atoms with Gasteiger partial charge in [0.15, 0.2) is 0 Å². The lowest BCUT2D eigenvalue weighted by molar-refractivity contribution is 0.218. The van der Waals surface area contributed by atoms with Crippen LogP contribution in [0.25, 0.3) is 0 Å². The third-order valence-electron chi connectivity index (χ3n) is 3.69. The Morgan fingerprint density at radius 1 is 1.18 bits per heavy atom. The number of nitrogens with one attached hydrogen (secondary N) is 2. The molecular weight excluding hydrogens is 212 g/mol. The molecule has 3 heteroatoms. The molecule has 1 unspecified atom stereocenters. The second-order valence-corrected chi connectivity index (χ2v) is 5.06. The number of hydrogen-bond acceptors (Lipinski definition) is 3. The predicted molar refractivity (Wildman–Crippen MR) is 68.1 cm³/mol. The van der Waals surface area contributed by atoms with Gasteiger partial charge in [-0.25, -0.2) is 0 Å². The van der Waals surface area contributed by atoms with E-state index in [4.69, 9.17) is 4.74 Å². The smallest absolute Gasteiger partial charge is 0.119 e. The normalized spacial score (nSPS) is 23.4. The largest absolute Gasteiger partial charge is 0.493 e. The van der Waals surface area contributed by atoms with Crippen molar-refractivity contribution in [1.82, 2.24) is 10.6 Å². The first-order valence-corrected chi connectivity index (χ1v) is 6.58. The summed E-state index contributed by atoms with van der Waals surface area (Å²) in [6.45, 7) is 5.10. The molecule has 2 N–H and O–H groups in total. The van der Waals surface area contributed by atoms with Crippen molar-refractivity contribution in [2.45, 2.75) is 25.9 Å². The third kappa shape index (κ3) is 2.61. The van der Waals surface area contributed by atoms with Crippen LogP contribution in [-0.2, 0) is 13.1 Å². The number of rotatable bonds is 3. The fraction of sp³-hybridized carbons (Fsp3) is 0.571. The summed E-state index contributed by atoms with van der Waals surface area (Å²) in [5, 5.41) is 6.78. The fourth-order valence-electron chi connectivity index (χ4n) is 2.64. The molecule has 1 saturated heterocycles. The van der Waals surface area contributed by atoms with Crippen LogP contribution >= 0.6 is 0 Å². The quantitative estimate of drug-likeness (QED) is 0.831. The molecule has 3 rings (SSSR count). The minimum atomic E-state index is 0.676. The number of benzene rings is 1. The van der Waals surface area contributed by atoms with Crippen LogP contribution < -0.4 is 15.4 Å². The molecule has 92 valence electrons. The Labute approximate surface area is 103 Å². The van der Waals surface area contributed by atoms with E-state index in [0.717, 1.165) is 32.0 Å². The van der Waals surface area contributed by atoms with Crippen molar-refractivity contribution >= 4 is 0 Å². The van der Waals surface area contributed by atoms with Crippen molar-refractivity contribution in [3.8, 4) is 5.75 Å². The van der Waals surface area contributed by atoms with E-state index in [1.165, 1.54) is 30.5 Å². The zero-order valence-corrected chi connectivity index (χ0v) is 10.2. The average molecular weight is 232 g/mol. The topological polar surface area (TPSA) is 33.3 Å². The van der Waals surface area contributed by atoms with Crippen molar-refractivity contribution < 1.29 is 4.74 Å². The molecule has 1 aromatic rings. The monoisotopic (exact) mass is 232 g/mol. The second-order valence-electron chi connectivity index (χ2n) is 5.06. The van der Waals surface area contributed by atoms with Gasteiger partial charge in [-0.1, -0.05) is 6.07 Å². The van der Waals surface area contributed by atoms with Gasteiger partial charge in [-0.2, -0.15) is 0 Å². The standard InChI is InChI=1S/C14H20N2O/c1-2-11(7-15-5-1)10-17-14-4-3-12-8-16-9-13(12)6-14/h3-4,6,11,15-16H,1-2,5,7-10H2. The molecular formula is C14H20N2O. The molecule has 2 aliphatic heterocycles. The molecule has 1 fully saturated rings. The van der Waals surface area contributed by atoms with Gasteiger partial charge in [-0.15, -0.1) is 0 Å². The molecule has 0 saturated carbocycles. The van der Waals surface area contributed by atoms with E-state index in [2.05, 4.69) is 28.8 Å². The highest BCUT2D eigenvalue weighted by Crippen LogP contribution is 2.22. The van der Waals surface area contributed by atoms with Crippen LogP contribution in [0.15, 0.2) is 18.2 Å². The summed E-state index contributed by atoms with van der Waals surface area (Å²) in [5.41, 5.74) is 2.81. The van der Waals surface area contributed by atoms with Gasteiger partial charge in [0.2, 0.25) is 0 Å². The molecule has 1 atom stereocenters. The van der Waals surface area contributed by atoms with Crippen molar-refractivity contribution in [3.63, 3.8) is 0 Å². The lowest BCUT2D eigenvalue weighted by atomic mass is 10.0. The maximum absolute atomic E-state index is 5.90. The Morgan fingerprint density at radius 2 is 2.12 bits per heavy atom. The average Bonchev–Trinajstić information content (AvgIpc) is 2.85. The molecule has 0 amide bonds. The van der Waals surface area contributed by atoms with Gasteiger partial charge < -0.3 is 15.4 Å². The van der Waals surface area contributed by atoms with Crippen LogP contribution in [0.2, 0.25) is 0 Å². The summed E-state index contributed by atoms with van der Waals surface area (Å²) in [5.74, 6) is 1.70. The highest BCUT2D eigenvalue weighted by molar-refractivity contribution is 5.37. The van der Waals surface area contributed by atoms with Crippen molar-refractivity contribution in [3.05, 3.63) is 29.3 Å². The van der Waals surface area contributed by atoms with Gasteiger partial charge in [0.05, 0.1) is 6.61 Å². The van der Waals surface area contributed by atoms with Gasteiger partial charge >= 0.3 is 0 Å². The van der Waals surface area contributed by atoms with Crippen LogP contribution in [0.1, 0.15) is 24.0 Å². The van der Waals surface area contributed by atoms with Crippen molar-refractivity contribution in [2.24, 2.45) is 5.92 Å². The highest BCUT2D eigenvalue weighted by atomic mass is 16.5. The van der Waals surface area contributed by atoms with Gasteiger partial charge in [0, 0.05) is 25.6 Å². The lowest BCUT2D eigenvalue weighted by Crippen LogP contribution is -2.33. The van der Waals surface area contributed by atoms with Crippen LogP contribution in [0.5, 0.6) is 5.75 Å². The highest BCUT2D eigenvalue weighted by Gasteiger charge is 2.14. The maximum Gasteiger partial charge on any atom is 0.119 e. The summed E-state index contributed by atoms with van der Waals surface area (Å²) in [6.07, 6.45) is 2.57. The third-order valence-corrected chi connectivity index (χ3v) is 3.69. The first-order valence-electron chi connectivity index (χ1n) is 6.58. The van der Waals surface area contributed by atoms with Crippen LogP contribution in [0.3, 0.4) is 0 Å². The first-order chi connectivity index (χ1) is 8.42. The number of piperidine rings is 1. The molecule has 0 radical (unpaired) electrons. The van der Waals surface area contributed by atoms with Crippen LogP contribution in [0.4, 0.5) is 0 Å². The maximum atomic E-state index is 5.90. The van der Waals surface area contributed by atoms with E-state index >= 15 is 0 Å². The Balaban J connectivity index is 1.57. The van der Waals surface area contributed by atoms with E-state index in [9.17, 15) is 0 Å². The minimum Gasteiger partial charge on any atom is -0.493 e. The summed E-state index contributed by atoms with van der Waals surface area (Å²) < 4.78 is 5.90. The first kappa shape index (κ1) is 11.1. The SMILES string of the molecule is c1cc2c(cc1OCC1CCCNC1)CNC2. The number of fused-ring (bicyclic) bond motifs is 1. The van der Waals surface area contributed by atoms with Crippen molar-refractivity contribution in [1.29, 1.82) is 0 Å². The molecule has 2 aliphatic rings. The van der Waals surface area contributed by atoms with Crippen LogP contribution in [-0.4, -0.2) is 19.7 Å². The Kier molecular flexibility index (Phi) is 3.29. The molecule has 17 heavy (non-hydrogen) atoms. The molecule has 0 bridgehead atoms. The van der Waals surface area contributed by atoms with Crippen molar-refractivity contribution in [2.75, 3.05) is 19.7 Å². The zero-order valence-electron chi connectivity index (χ0n) is 10.2. The minimum absolute atomic E-state index is 0.676. The van der Waals surface area contributed by atoms with Gasteiger partial charge in [0.1, 0.15) is 5.75 Å². The summed E-state index contributed by atoms with van der Waals surface area (Å²) >= 11 is 0. The van der Waals surface area contributed by atoms with E-state index < -0.39 is 0 Å². The van der Waals surface area contributed by atoms with E-state index in [1.54, 1.807) is 0 Å². The van der Waals surface area contributed by atoms with Gasteiger partial charge in [-0.3, -0.25) is 0 Å². The van der Waals surface area contributed by atoms with E-state index in [-0.39, 0.29) is 0 Å². The molecule has 2 heterocycles. The number of hydrogen-bond donors (Lipinski definition) is 2. The summed E-state index contributed by atoms with van der Waals surface area (Å²) in [4.78, 5) is 0. The Hall–Kier alpha value is -1.06. The molecule has 0 spiro atoms. The zero-order chi connectivity index (χ0) is 11.5.